The molecule has 1 heterocycles. The average Bonchev–Trinajstić information content (AvgIpc) is 1.64. The lowest BCUT2D eigenvalue weighted by Gasteiger charge is -2.09. The van der Waals surface area contributed by atoms with Gasteiger partial charge in [-0.1, -0.05) is 0 Å². The summed E-state index contributed by atoms with van der Waals surface area (Å²) in [5.74, 6) is 0. The molecule has 2 N–H and O–H groups in total. The van der Waals surface area contributed by atoms with E-state index in [1.807, 2.05) is 6.08 Å². The van der Waals surface area contributed by atoms with E-state index in [-0.39, 0.29) is 0 Å². The minimum absolute atomic E-state index is 0.494. The largest absolute Gasteiger partial charge is 0.370 e. The minimum Gasteiger partial charge on any atom is -0.370 e. The highest BCUT2D eigenvalue weighted by molar-refractivity contribution is 14.1. The molecule has 0 aromatic heterocycles. The standard InChI is InChI=1S/C5H6INO/c6-4-1-2-7-5(8)3-4/h1-3,5,7-8H/t5-/m0/s1. The van der Waals surface area contributed by atoms with Crippen LogP contribution in [0, 0.1) is 0 Å². The molecule has 44 valence electrons. The normalized spacial score (nSPS) is 26.8. The highest BCUT2D eigenvalue weighted by atomic mass is 127. The van der Waals surface area contributed by atoms with Crippen LogP contribution in [0.5, 0.6) is 0 Å². The molecule has 0 unspecified atom stereocenters. The van der Waals surface area contributed by atoms with Crippen molar-refractivity contribution in [2.75, 3.05) is 0 Å². The van der Waals surface area contributed by atoms with Crippen LogP contribution in [-0.2, 0) is 0 Å². The van der Waals surface area contributed by atoms with Gasteiger partial charge in [0.2, 0.25) is 0 Å². The SMILES string of the molecule is O[C@H]1C=C(I)C=CN1. The van der Waals surface area contributed by atoms with E-state index in [9.17, 15) is 0 Å². The van der Waals surface area contributed by atoms with E-state index < -0.39 is 6.23 Å². The first kappa shape index (κ1) is 6.10. The molecule has 0 bridgehead atoms. The zero-order valence-electron chi connectivity index (χ0n) is 4.13. The van der Waals surface area contributed by atoms with Crippen LogP contribution < -0.4 is 5.32 Å². The fourth-order valence-electron chi connectivity index (χ4n) is 0.481. The summed E-state index contributed by atoms with van der Waals surface area (Å²) in [4.78, 5) is 0. The number of hydrogen-bond donors (Lipinski definition) is 2. The van der Waals surface area contributed by atoms with Crippen molar-refractivity contribution in [3.63, 3.8) is 0 Å². The van der Waals surface area contributed by atoms with E-state index >= 15 is 0 Å². The lowest BCUT2D eigenvalue weighted by atomic mass is 10.4. The second kappa shape index (κ2) is 2.50. The van der Waals surface area contributed by atoms with Gasteiger partial charge in [-0.25, -0.2) is 0 Å². The smallest absolute Gasteiger partial charge is 0.144 e. The molecule has 1 rings (SSSR count). The average molecular weight is 223 g/mol. The van der Waals surface area contributed by atoms with Crippen LogP contribution in [0.1, 0.15) is 0 Å². The summed E-state index contributed by atoms with van der Waals surface area (Å²) in [7, 11) is 0. The predicted molar refractivity (Wildman–Crippen MR) is 40.4 cm³/mol. The van der Waals surface area contributed by atoms with Crippen molar-refractivity contribution in [3.8, 4) is 0 Å². The Morgan fingerprint density at radius 1 is 1.75 bits per heavy atom. The molecule has 3 heteroatoms. The number of aliphatic hydroxyl groups excluding tert-OH is 1. The minimum atomic E-state index is -0.494. The van der Waals surface area contributed by atoms with E-state index in [1.165, 1.54) is 0 Å². The highest BCUT2D eigenvalue weighted by Gasteiger charge is 1.99. The lowest BCUT2D eigenvalue weighted by Crippen LogP contribution is -2.22. The molecule has 0 spiro atoms. The van der Waals surface area contributed by atoms with Gasteiger partial charge in [-0.15, -0.1) is 0 Å². The Bertz CT molecular complexity index is 141. The second-order valence-electron chi connectivity index (χ2n) is 1.50. The van der Waals surface area contributed by atoms with Crippen molar-refractivity contribution in [1.29, 1.82) is 0 Å². The van der Waals surface area contributed by atoms with Gasteiger partial charge >= 0.3 is 0 Å². The second-order valence-corrected chi connectivity index (χ2v) is 2.74. The Hall–Kier alpha value is -0.0300. The van der Waals surface area contributed by atoms with Gasteiger partial charge in [-0.2, -0.15) is 0 Å². The Morgan fingerprint density at radius 2 is 2.50 bits per heavy atom. The number of rotatable bonds is 0. The van der Waals surface area contributed by atoms with E-state index in [0.29, 0.717) is 0 Å². The molecule has 0 saturated heterocycles. The van der Waals surface area contributed by atoms with Gasteiger partial charge in [0.25, 0.3) is 0 Å². The molecule has 0 amide bonds. The van der Waals surface area contributed by atoms with Crippen LogP contribution in [-0.4, -0.2) is 11.3 Å². The molecule has 1 aliphatic rings. The predicted octanol–water partition coefficient (Wildman–Crippen LogP) is 0.741. The monoisotopic (exact) mass is 223 g/mol. The summed E-state index contributed by atoms with van der Waals surface area (Å²) < 4.78 is 1.06. The fourth-order valence-corrected chi connectivity index (χ4v) is 1.00. The van der Waals surface area contributed by atoms with E-state index in [4.69, 9.17) is 5.11 Å². The molecule has 0 aliphatic carbocycles. The van der Waals surface area contributed by atoms with Gasteiger partial charge < -0.3 is 10.4 Å². The van der Waals surface area contributed by atoms with E-state index in [0.717, 1.165) is 3.58 Å². The molecule has 1 atom stereocenters. The maximum atomic E-state index is 8.84. The van der Waals surface area contributed by atoms with Gasteiger partial charge in [0.1, 0.15) is 6.23 Å². The lowest BCUT2D eigenvalue weighted by molar-refractivity contribution is 0.201. The molecule has 0 aromatic rings. The summed E-state index contributed by atoms with van der Waals surface area (Å²) in [6.07, 6.45) is 4.87. The van der Waals surface area contributed by atoms with E-state index in [1.54, 1.807) is 12.3 Å². The van der Waals surface area contributed by atoms with Crippen molar-refractivity contribution in [1.82, 2.24) is 5.32 Å². The first-order valence-electron chi connectivity index (χ1n) is 2.27. The number of allylic oxidation sites excluding steroid dienone is 2. The van der Waals surface area contributed by atoms with Crippen LogP contribution in [0.2, 0.25) is 0 Å². The molecule has 0 saturated carbocycles. The molecule has 0 fully saturated rings. The summed E-state index contributed by atoms with van der Waals surface area (Å²) in [6, 6.07) is 0. The summed E-state index contributed by atoms with van der Waals surface area (Å²) in [6.45, 7) is 0. The quantitative estimate of drug-likeness (QED) is 0.593. The molecule has 1 aliphatic heterocycles. The van der Waals surface area contributed by atoms with Crippen LogP contribution in [0.15, 0.2) is 21.9 Å². The maximum absolute atomic E-state index is 8.84. The van der Waals surface area contributed by atoms with Crippen molar-refractivity contribution >= 4 is 22.6 Å². The Kier molecular flexibility index (Phi) is 1.90. The van der Waals surface area contributed by atoms with Gasteiger partial charge in [-0.05, 0) is 40.9 Å². The van der Waals surface area contributed by atoms with Gasteiger partial charge in [-0.3, -0.25) is 0 Å². The van der Waals surface area contributed by atoms with Crippen LogP contribution in [0.3, 0.4) is 0 Å². The number of dihydropyridines is 1. The molecular weight excluding hydrogens is 217 g/mol. The summed E-state index contributed by atoms with van der Waals surface area (Å²) in [5.41, 5.74) is 0. The van der Waals surface area contributed by atoms with Gasteiger partial charge in [0.15, 0.2) is 0 Å². The third-order valence-corrected chi connectivity index (χ3v) is 1.55. The Balaban J connectivity index is 2.63. The molecule has 2 nitrogen and oxygen atoms in total. The summed E-state index contributed by atoms with van der Waals surface area (Å²) in [5, 5.41) is 11.5. The fraction of sp³-hybridized carbons (Fsp3) is 0.200. The topological polar surface area (TPSA) is 32.3 Å². The van der Waals surface area contributed by atoms with Crippen molar-refractivity contribution in [2.24, 2.45) is 0 Å². The molecule has 0 radical (unpaired) electrons. The molecular formula is C5H6INO. The third-order valence-electron chi connectivity index (χ3n) is 0.827. The first-order valence-corrected chi connectivity index (χ1v) is 3.35. The number of nitrogens with one attached hydrogen (secondary N) is 1. The number of hydrogen-bond acceptors (Lipinski definition) is 2. The van der Waals surface area contributed by atoms with Crippen molar-refractivity contribution in [2.45, 2.75) is 6.23 Å². The van der Waals surface area contributed by atoms with Crippen LogP contribution in [0.25, 0.3) is 0 Å². The Labute approximate surface area is 61.4 Å². The maximum Gasteiger partial charge on any atom is 0.144 e. The van der Waals surface area contributed by atoms with Gasteiger partial charge in [0.05, 0.1) is 0 Å². The Morgan fingerprint density at radius 3 is 2.88 bits per heavy atom. The highest BCUT2D eigenvalue weighted by Crippen LogP contribution is 2.10. The van der Waals surface area contributed by atoms with Crippen molar-refractivity contribution < 1.29 is 5.11 Å². The van der Waals surface area contributed by atoms with Gasteiger partial charge in [0, 0.05) is 3.58 Å². The number of aliphatic hydroxyl groups is 1. The van der Waals surface area contributed by atoms with Crippen LogP contribution in [0.4, 0.5) is 0 Å². The summed E-state index contributed by atoms with van der Waals surface area (Å²) >= 11 is 2.15. The van der Waals surface area contributed by atoms with Crippen molar-refractivity contribution in [3.05, 3.63) is 21.9 Å². The first-order chi connectivity index (χ1) is 3.79. The molecule has 0 aromatic carbocycles. The number of halogens is 1. The third kappa shape index (κ3) is 1.48. The molecule has 8 heavy (non-hydrogen) atoms. The zero-order chi connectivity index (χ0) is 5.98. The van der Waals surface area contributed by atoms with Crippen LogP contribution >= 0.6 is 22.6 Å². The van der Waals surface area contributed by atoms with E-state index in [2.05, 4.69) is 27.9 Å². The zero-order valence-corrected chi connectivity index (χ0v) is 6.29.